The molecular formula is C15H22BrNO4. The molecule has 0 fully saturated rings. The predicted molar refractivity (Wildman–Crippen MR) is 84.6 cm³/mol. The number of carbonyl (C=O) groups is 1. The van der Waals surface area contributed by atoms with Gasteiger partial charge in [0.05, 0.1) is 13.0 Å². The van der Waals surface area contributed by atoms with E-state index in [9.17, 15) is 15.0 Å². The smallest absolute Gasteiger partial charge is 0.307 e. The second-order valence-corrected chi connectivity index (χ2v) is 6.27. The minimum Gasteiger partial charge on any atom is -0.504 e. The highest BCUT2D eigenvalue weighted by molar-refractivity contribution is 9.10. The zero-order chi connectivity index (χ0) is 16.0. The molecule has 3 N–H and O–H groups in total. The van der Waals surface area contributed by atoms with E-state index in [2.05, 4.69) is 21.2 Å². The molecule has 1 unspecified atom stereocenters. The van der Waals surface area contributed by atoms with E-state index in [-0.39, 0.29) is 5.75 Å². The summed E-state index contributed by atoms with van der Waals surface area (Å²) in [4.78, 5) is 11.2. The lowest BCUT2D eigenvalue weighted by atomic mass is 9.97. The van der Waals surface area contributed by atoms with Crippen molar-refractivity contribution in [2.24, 2.45) is 11.8 Å². The fourth-order valence-electron chi connectivity index (χ4n) is 2.11. The molecule has 6 heteroatoms. The van der Waals surface area contributed by atoms with Crippen LogP contribution >= 0.6 is 15.9 Å². The maximum absolute atomic E-state index is 11.2. The summed E-state index contributed by atoms with van der Waals surface area (Å²) in [5.41, 5.74) is 0.849. The van der Waals surface area contributed by atoms with E-state index in [0.29, 0.717) is 31.2 Å². The Morgan fingerprint density at radius 1 is 1.43 bits per heavy atom. The Morgan fingerprint density at radius 3 is 2.62 bits per heavy atom. The van der Waals surface area contributed by atoms with Gasteiger partial charge in [0.15, 0.2) is 11.5 Å². The Hall–Kier alpha value is -1.27. The van der Waals surface area contributed by atoms with Crippen LogP contribution in [0.1, 0.15) is 25.8 Å². The summed E-state index contributed by atoms with van der Waals surface area (Å²) in [6.45, 7) is 4.88. The van der Waals surface area contributed by atoms with Crippen LogP contribution in [0.25, 0.3) is 0 Å². The summed E-state index contributed by atoms with van der Waals surface area (Å²) < 4.78 is 5.83. The van der Waals surface area contributed by atoms with Gasteiger partial charge in [-0.2, -0.15) is 0 Å². The van der Waals surface area contributed by atoms with Gasteiger partial charge in [0.25, 0.3) is 0 Å². The second-order valence-electron chi connectivity index (χ2n) is 5.41. The fourth-order valence-corrected chi connectivity index (χ4v) is 2.57. The third-order valence-electron chi connectivity index (χ3n) is 3.16. The van der Waals surface area contributed by atoms with E-state index in [0.717, 1.165) is 10.0 Å². The summed E-state index contributed by atoms with van der Waals surface area (Å²) in [6, 6.07) is 3.29. The van der Waals surface area contributed by atoms with Gasteiger partial charge in [0.1, 0.15) is 0 Å². The molecule has 1 atom stereocenters. The van der Waals surface area contributed by atoms with Gasteiger partial charge in [-0.25, -0.2) is 0 Å². The number of phenolic OH excluding ortho intramolecular Hbond substituents is 1. The van der Waals surface area contributed by atoms with E-state index in [4.69, 9.17) is 4.74 Å². The van der Waals surface area contributed by atoms with Crippen LogP contribution in [0.4, 0.5) is 0 Å². The van der Waals surface area contributed by atoms with E-state index in [1.807, 2.05) is 13.8 Å². The Kier molecular flexibility index (Phi) is 6.98. The number of ether oxygens (including phenoxy) is 1. The van der Waals surface area contributed by atoms with Crippen molar-refractivity contribution in [3.63, 3.8) is 0 Å². The van der Waals surface area contributed by atoms with Crippen molar-refractivity contribution < 1.29 is 19.7 Å². The third-order valence-corrected chi connectivity index (χ3v) is 3.90. The van der Waals surface area contributed by atoms with Gasteiger partial charge < -0.3 is 20.3 Å². The Morgan fingerprint density at radius 2 is 2.10 bits per heavy atom. The topological polar surface area (TPSA) is 78.8 Å². The minimum atomic E-state index is -0.784. The first-order valence-corrected chi connectivity index (χ1v) is 7.63. The van der Waals surface area contributed by atoms with Crippen molar-refractivity contribution in [3.05, 3.63) is 22.2 Å². The molecule has 1 rings (SSSR count). The van der Waals surface area contributed by atoms with E-state index < -0.39 is 11.9 Å². The van der Waals surface area contributed by atoms with Gasteiger partial charge in [-0.1, -0.05) is 29.8 Å². The number of benzene rings is 1. The Balaban J connectivity index is 2.62. The highest BCUT2D eigenvalue weighted by Crippen LogP contribution is 2.32. The number of nitrogens with one attached hydrogen (secondary N) is 1. The van der Waals surface area contributed by atoms with Gasteiger partial charge in [-0.3, -0.25) is 4.79 Å². The predicted octanol–water partition coefficient (Wildman–Crippen LogP) is 3.00. The fraction of sp³-hybridized carbons (Fsp3) is 0.533. The molecule has 0 aliphatic carbocycles. The molecule has 118 valence electrons. The summed E-state index contributed by atoms with van der Waals surface area (Å²) in [5.74, 6) is -0.392. The molecule has 0 spiro atoms. The molecule has 0 amide bonds. The van der Waals surface area contributed by atoms with Crippen LogP contribution in [-0.2, 0) is 11.3 Å². The lowest BCUT2D eigenvalue weighted by Gasteiger charge is -2.16. The average Bonchev–Trinajstić information content (AvgIpc) is 2.40. The molecule has 0 saturated carbocycles. The van der Waals surface area contributed by atoms with Gasteiger partial charge in [-0.15, -0.1) is 0 Å². The first kappa shape index (κ1) is 17.8. The molecule has 0 bridgehead atoms. The number of phenols is 1. The number of rotatable bonds is 8. The molecule has 0 heterocycles. The Bertz CT molecular complexity index is 491. The number of methoxy groups -OCH3 is 1. The zero-order valence-corrected chi connectivity index (χ0v) is 14.1. The third kappa shape index (κ3) is 5.55. The molecule has 0 aliphatic rings. The van der Waals surface area contributed by atoms with Gasteiger partial charge in [-0.05, 0) is 30.0 Å². The van der Waals surface area contributed by atoms with Crippen molar-refractivity contribution >= 4 is 21.9 Å². The summed E-state index contributed by atoms with van der Waals surface area (Å²) in [5, 5.41) is 22.1. The quantitative estimate of drug-likeness (QED) is 0.664. The molecule has 0 radical (unpaired) electrons. The average molecular weight is 360 g/mol. The molecule has 0 saturated heterocycles. The monoisotopic (exact) mass is 359 g/mol. The number of halogens is 1. The van der Waals surface area contributed by atoms with Gasteiger partial charge >= 0.3 is 5.97 Å². The first-order chi connectivity index (χ1) is 9.85. The lowest BCUT2D eigenvalue weighted by Crippen LogP contribution is -2.29. The van der Waals surface area contributed by atoms with E-state index in [1.165, 1.54) is 7.11 Å². The number of hydrogen-bond donors (Lipinski definition) is 3. The van der Waals surface area contributed by atoms with Crippen molar-refractivity contribution in [1.29, 1.82) is 0 Å². The number of carboxylic acids is 1. The second kappa shape index (κ2) is 8.24. The summed E-state index contributed by atoms with van der Waals surface area (Å²) >= 11 is 3.41. The van der Waals surface area contributed by atoms with Crippen LogP contribution in [0.15, 0.2) is 16.6 Å². The maximum atomic E-state index is 11.2. The number of carboxylic acid groups (broad SMARTS) is 1. The number of hydrogen-bond acceptors (Lipinski definition) is 4. The van der Waals surface area contributed by atoms with Crippen LogP contribution in [0.2, 0.25) is 0 Å². The molecule has 21 heavy (non-hydrogen) atoms. The normalized spacial score (nSPS) is 12.4. The van der Waals surface area contributed by atoms with Crippen LogP contribution < -0.4 is 10.1 Å². The van der Waals surface area contributed by atoms with Gasteiger partial charge in [0, 0.05) is 17.6 Å². The largest absolute Gasteiger partial charge is 0.504 e. The van der Waals surface area contributed by atoms with Crippen LogP contribution in [0, 0.1) is 11.8 Å². The SMILES string of the molecule is COc1cc(Br)c(CNCC(CC(C)C)C(=O)O)cc1O. The van der Waals surface area contributed by atoms with Crippen molar-refractivity contribution in [2.45, 2.75) is 26.8 Å². The summed E-state index contributed by atoms with van der Waals surface area (Å²) in [6.07, 6.45) is 0.636. The van der Waals surface area contributed by atoms with E-state index >= 15 is 0 Å². The van der Waals surface area contributed by atoms with E-state index in [1.54, 1.807) is 12.1 Å². The summed E-state index contributed by atoms with van der Waals surface area (Å²) in [7, 11) is 1.49. The molecule has 1 aromatic rings. The van der Waals surface area contributed by atoms with Crippen molar-refractivity contribution in [2.75, 3.05) is 13.7 Å². The Labute approximate surface area is 133 Å². The molecule has 0 aromatic heterocycles. The number of aromatic hydroxyl groups is 1. The highest BCUT2D eigenvalue weighted by atomic mass is 79.9. The highest BCUT2D eigenvalue weighted by Gasteiger charge is 2.18. The molecule has 1 aromatic carbocycles. The number of aliphatic carboxylic acids is 1. The van der Waals surface area contributed by atoms with Crippen LogP contribution in [-0.4, -0.2) is 29.8 Å². The lowest BCUT2D eigenvalue weighted by molar-refractivity contribution is -0.142. The first-order valence-electron chi connectivity index (χ1n) is 6.84. The molecular weight excluding hydrogens is 338 g/mol. The van der Waals surface area contributed by atoms with Gasteiger partial charge in [0.2, 0.25) is 0 Å². The molecule has 0 aliphatic heterocycles. The van der Waals surface area contributed by atoms with Crippen LogP contribution in [0.5, 0.6) is 11.5 Å². The minimum absolute atomic E-state index is 0.0643. The van der Waals surface area contributed by atoms with Crippen molar-refractivity contribution in [1.82, 2.24) is 5.32 Å². The maximum Gasteiger partial charge on any atom is 0.307 e. The van der Waals surface area contributed by atoms with Crippen molar-refractivity contribution in [3.8, 4) is 11.5 Å². The zero-order valence-electron chi connectivity index (χ0n) is 12.5. The molecule has 5 nitrogen and oxygen atoms in total. The van der Waals surface area contributed by atoms with Crippen LogP contribution in [0.3, 0.4) is 0 Å². The standard InChI is InChI=1S/C15H22BrNO4/c1-9(2)4-11(15(19)20)8-17-7-10-5-13(18)14(21-3)6-12(10)16/h5-6,9,11,17-18H,4,7-8H2,1-3H3,(H,19,20).